The minimum atomic E-state index is -0.330. The molecule has 0 saturated carbocycles. The maximum Gasteiger partial charge on any atom is 0.132 e. The first kappa shape index (κ1) is 15.9. The maximum atomic E-state index is 6.29. The van der Waals surface area contributed by atoms with E-state index in [-0.39, 0.29) is 5.41 Å². The summed E-state index contributed by atoms with van der Waals surface area (Å²) in [5.41, 5.74) is 7.26. The van der Waals surface area contributed by atoms with Crippen molar-refractivity contribution in [3.8, 4) is 11.5 Å². The predicted octanol–water partition coefficient (Wildman–Crippen LogP) is 6.66. The summed E-state index contributed by atoms with van der Waals surface area (Å²) in [6.07, 6.45) is 6.03. The number of allylic oxidation sites excluding steroid dienone is 5. The second-order valence-corrected chi connectivity index (χ2v) is 7.02. The van der Waals surface area contributed by atoms with Gasteiger partial charge >= 0.3 is 0 Å². The zero-order valence-corrected chi connectivity index (χ0v) is 15.3. The molecule has 0 amide bonds. The van der Waals surface area contributed by atoms with Crippen molar-refractivity contribution in [1.29, 1.82) is 0 Å². The Labute approximate surface area is 159 Å². The second kappa shape index (κ2) is 5.85. The van der Waals surface area contributed by atoms with Crippen molar-refractivity contribution in [3.05, 3.63) is 125 Å². The van der Waals surface area contributed by atoms with Crippen LogP contribution in [0.5, 0.6) is 11.5 Å². The van der Waals surface area contributed by atoms with E-state index in [0.29, 0.717) is 0 Å². The molecule has 1 heterocycles. The molecular weight excluding hydrogens is 328 g/mol. The summed E-state index contributed by atoms with van der Waals surface area (Å²) in [6, 6.07) is 25.6. The number of rotatable bonds is 2. The Hall–Kier alpha value is -3.32. The predicted molar refractivity (Wildman–Crippen MR) is 111 cm³/mol. The van der Waals surface area contributed by atoms with Gasteiger partial charge in [-0.1, -0.05) is 85.5 Å². The van der Waals surface area contributed by atoms with Gasteiger partial charge in [-0.25, -0.2) is 0 Å². The fraction of sp³-hybridized carbons (Fsp3) is 0.0769. The van der Waals surface area contributed by atoms with Crippen molar-refractivity contribution in [2.75, 3.05) is 0 Å². The van der Waals surface area contributed by atoms with Crippen LogP contribution in [0, 0.1) is 0 Å². The van der Waals surface area contributed by atoms with Crippen LogP contribution in [-0.2, 0) is 5.41 Å². The highest BCUT2D eigenvalue weighted by atomic mass is 16.5. The van der Waals surface area contributed by atoms with Crippen LogP contribution in [0.2, 0.25) is 0 Å². The SMILES string of the molecule is C=C/C=C\C1=C(C)C2(c3ccccc3Oc3ccccc32)c2ccccc21. The molecule has 130 valence electrons. The summed E-state index contributed by atoms with van der Waals surface area (Å²) >= 11 is 0. The Bertz CT molecular complexity index is 1080. The highest BCUT2D eigenvalue weighted by Gasteiger charge is 2.50. The van der Waals surface area contributed by atoms with Gasteiger partial charge in [-0.2, -0.15) is 0 Å². The van der Waals surface area contributed by atoms with Gasteiger partial charge in [0.05, 0.1) is 5.41 Å². The minimum absolute atomic E-state index is 0.330. The molecule has 5 rings (SSSR count). The lowest BCUT2D eigenvalue weighted by Gasteiger charge is -2.39. The molecule has 0 unspecified atom stereocenters. The Morgan fingerprint density at radius 2 is 1.33 bits per heavy atom. The number of benzene rings is 3. The van der Waals surface area contributed by atoms with Crippen LogP contribution in [0.25, 0.3) is 5.57 Å². The van der Waals surface area contributed by atoms with Gasteiger partial charge in [0.1, 0.15) is 11.5 Å². The van der Waals surface area contributed by atoms with E-state index in [1.165, 1.54) is 33.4 Å². The summed E-state index contributed by atoms with van der Waals surface area (Å²) in [5.74, 6) is 1.86. The Kier molecular flexibility index (Phi) is 3.45. The van der Waals surface area contributed by atoms with E-state index in [2.05, 4.69) is 80.2 Å². The highest BCUT2D eigenvalue weighted by molar-refractivity contribution is 5.91. The number of para-hydroxylation sites is 2. The van der Waals surface area contributed by atoms with Crippen LogP contribution in [-0.4, -0.2) is 0 Å². The van der Waals surface area contributed by atoms with Gasteiger partial charge in [0.2, 0.25) is 0 Å². The van der Waals surface area contributed by atoms with Crippen molar-refractivity contribution in [3.63, 3.8) is 0 Å². The molecule has 27 heavy (non-hydrogen) atoms. The molecule has 3 aromatic rings. The second-order valence-electron chi connectivity index (χ2n) is 7.02. The third-order valence-electron chi connectivity index (χ3n) is 5.79. The van der Waals surface area contributed by atoms with Gasteiger partial charge in [0.15, 0.2) is 0 Å². The molecule has 1 aliphatic heterocycles. The van der Waals surface area contributed by atoms with Crippen molar-refractivity contribution >= 4 is 5.57 Å². The van der Waals surface area contributed by atoms with Crippen LogP contribution in [0.15, 0.2) is 103 Å². The number of hydrogen-bond donors (Lipinski definition) is 0. The molecule has 1 heteroatoms. The summed E-state index contributed by atoms with van der Waals surface area (Å²) in [4.78, 5) is 0. The van der Waals surface area contributed by atoms with E-state index in [9.17, 15) is 0 Å². The fourth-order valence-electron chi connectivity index (χ4n) is 4.72. The molecule has 1 spiro atoms. The largest absolute Gasteiger partial charge is 0.457 e. The van der Waals surface area contributed by atoms with E-state index >= 15 is 0 Å². The maximum absolute atomic E-state index is 6.29. The first-order valence-corrected chi connectivity index (χ1v) is 9.25. The van der Waals surface area contributed by atoms with Crippen LogP contribution in [0.3, 0.4) is 0 Å². The molecule has 1 aliphatic carbocycles. The molecule has 0 bridgehead atoms. The fourth-order valence-corrected chi connectivity index (χ4v) is 4.72. The van der Waals surface area contributed by atoms with E-state index in [0.717, 1.165) is 11.5 Å². The van der Waals surface area contributed by atoms with Crippen molar-refractivity contribution in [1.82, 2.24) is 0 Å². The molecular formula is C26H20O. The zero-order chi connectivity index (χ0) is 18.4. The normalized spacial score (nSPS) is 16.0. The highest BCUT2D eigenvalue weighted by Crippen LogP contribution is 2.60. The third kappa shape index (κ3) is 2.00. The van der Waals surface area contributed by atoms with Gasteiger partial charge in [-0.3, -0.25) is 0 Å². The van der Waals surface area contributed by atoms with E-state index in [1.807, 2.05) is 24.3 Å². The standard InChI is InChI=1S/C26H20O/c1-3-4-11-19-18(2)26(21-13-6-5-12-20(19)21)22-14-7-9-16-24(22)27-25-17-10-8-15-23(25)26/h3-17H,1H2,2H3/b11-4-. The van der Waals surface area contributed by atoms with E-state index in [4.69, 9.17) is 4.74 Å². The minimum Gasteiger partial charge on any atom is -0.457 e. The Morgan fingerprint density at radius 3 is 1.96 bits per heavy atom. The lowest BCUT2D eigenvalue weighted by atomic mass is 9.66. The van der Waals surface area contributed by atoms with Crippen molar-refractivity contribution in [2.45, 2.75) is 12.3 Å². The number of ether oxygens (including phenoxy) is 1. The lowest BCUT2D eigenvalue weighted by molar-refractivity contribution is 0.434. The quantitative estimate of drug-likeness (QED) is 0.471. The lowest BCUT2D eigenvalue weighted by Crippen LogP contribution is -2.32. The van der Waals surface area contributed by atoms with Crippen LogP contribution >= 0.6 is 0 Å². The summed E-state index contributed by atoms with van der Waals surface area (Å²) in [6.45, 7) is 6.10. The smallest absolute Gasteiger partial charge is 0.132 e. The molecule has 2 aliphatic rings. The van der Waals surface area contributed by atoms with Gasteiger partial charge in [-0.05, 0) is 41.3 Å². The van der Waals surface area contributed by atoms with Gasteiger partial charge in [-0.15, -0.1) is 0 Å². The topological polar surface area (TPSA) is 9.23 Å². The van der Waals surface area contributed by atoms with E-state index in [1.54, 1.807) is 0 Å². The van der Waals surface area contributed by atoms with Crippen molar-refractivity contribution < 1.29 is 4.74 Å². The zero-order valence-electron chi connectivity index (χ0n) is 15.3. The third-order valence-corrected chi connectivity index (χ3v) is 5.79. The van der Waals surface area contributed by atoms with Crippen molar-refractivity contribution in [2.24, 2.45) is 0 Å². The summed E-state index contributed by atoms with van der Waals surface area (Å²) < 4.78 is 6.29. The first-order valence-electron chi connectivity index (χ1n) is 9.25. The summed E-state index contributed by atoms with van der Waals surface area (Å²) in [5, 5.41) is 0. The number of fused-ring (bicyclic) bond motifs is 6. The Morgan fingerprint density at radius 1 is 0.778 bits per heavy atom. The first-order chi connectivity index (χ1) is 13.3. The molecule has 0 saturated heterocycles. The van der Waals surface area contributed by atoms with Gasteiger partial charge < -0.3 is 4.74 Å². The van der Waals surface area contributed by atoms with E-state index < -0.39 is 0 Å². The molecule has 3 aromatic carbocycles. The molecule has 0 radical (unpaired) electrons. The summed E-state index contributed by atoms with van der Waals surface area (Å²) in [7, 11) is 0. The van der Waals surface area contributed by atoms with Crippen LogP contribution in [0.1, 0.15) is 29.2 Å². The molecule has 0 atom stereocenters. The monoisotopic (exact) mass is 348 g/mol. The molecule has 0 fully saturated rings. The van der Waals surface area contributed by atoms with Gasteiger partial charge in [0, 0.05) is 11.1 Å². The Balaban J connectivity index is 1.96. The van der Waals surface area contributed by atoms with Crippen LogP contribution in [0.4, 0.5) is 0 Å². The number of hydrogen-bond acceptors (Lipinski definition) is 1. The van der Waals surface area contributed by atoms with Gasteiger partial charge in [0.25, 0.3) is 0 Å². The average molecular weight is 348 g/mol. The van der Waals surface area contributed by atoms with Crippen LogP contribution < -0.4 is 4.74 Å². The molecule has 0 aromatic heterocycles. The molecule has 0 N–H and O–H groups in total. The average Bonchev–Trinajstić information content (AvgIpc) is 2.96. The molecule has 1 nitrogen and oxygen atoms in total.